The van der Waals surface area contributed by atoms with Crippen molar-refractivity contribution in [2.75, 3.05) is 28.5 Å². The van der Waals surface area contributed by atoms with Crippen molar-refractivity contribution in [2.45, 2.75) is 12.6 Å². The van der Waals surface area contributed by atoms with Gasteiger partial charge < -0.3 is 10.1 Å². The molecule has 150 valence electrons. The summed E-state index contributed by atoms with van der Waals surface area (Å²) in [6, 6.07) is 8.65. The van der Waals surface area contributed by atoms with Crippen LogP contribution in [0.3, 0.4) is 0 Å². The van der Waals surface area contributed by atoms with Gasteiger partial charge in [0, 0.05) is 18.2 Å². The number of carbonyl (C=O) groups excluding carboxylic acids is 1. The first-order chi connectivity index (χ1) is 13.1. The third-order valence-corrected chi connectivity index (χ3v) is 5.76. The molecule has 0 spiro atoms. The predicted molar refractivity (Wildman–Crippen MR) is 95.9 cm³/mol. The Labute approximate surface area is 159 Å². The normalized spacial score (nSPS) is 16.0. The number of sulfonamides is 1. The van der Waals surface area contributed by atoms with Crippen LogP contribution in [0.5, 0.6) is 5.88 Å². The quantitative estimate of drug-likeness (QED) is 0.811. The van der Waals surface area contributed by atoms with E-state index in [0.29, 0.717) is 18.7 Å². The molecule has 0 radical (unpaired) electrons. The average molecular weight is 415 g/mol. The molecule has 1 aromatic carbocycles. The molecule has 28 heavy (non-hydrogen) atoms. The molecule has 1 aromatic heterocycles. The molecule has 11 heteroatoms. The van der Waals surface area contributed by atoms with Crippen molar-refractivity contribution in [3.63, 3.8) is 0 Å². The zero-order chi connectivity index (χ0) is 20.4. The number of amides is 1. The number of anilines is 2. The maximum absolute atomic E-state index is 12.3. The van der Waals surface area contributed by atoms with Gasteiger partial charge in [-0.3, -0.25) is 9.10 Å². The number of alkyl halides is 3. The molecule has 2 aromatic rings. The predicted octanol–water partition coefficient (Wildman–Crippen LogP) is 2.81. The highest BCUT2D eigenvalue weighted by molar-refractivity contribution is 7.93. The summed E-state index contributed by atoms with van der Waals surface area (Å²) >= 11 is 0. The van der Waals surface area contributed by atoms with E-state index in [-0.39, 0.29) is 22.9 Å². The number of pyridine rings is 1. The maximum atomic E-state index is 12.3. The van der Waals surface area contributed by atoms with Gasteiger partial charge in [0.15, 0.2) is 6.61 Å². The molecule has 7 nitrogen and oxygen atoms in total. The average Bonchev–Trinajstić information content (AvgIpc) is 3.00. The monoisotopic (exact) mass is 415 g/mol. The number of halogens is 3. The number of benzene rings is 1. The van der Waals surface area contributed by atoms with Crippen molar-refractivity contribution in [3.8, 4) is 5.88 Å². The second-order valence-electron chi connectivity index (χ2n) is 6.03. The fourth-order valence-corrected chi connectivity index (χ4v) is 4.17. The summed E-state index contributed by atoms with van der Waals surface area (Å²) in [6.07, 6.45) is -2.73. The lowest BCUT2D eigenvalue weighted by Crippen LogP contribution is -2.25. The van der Waals surface area contributed by atoms with Crippen LogP contribution in [0.1, 0.15) is 16.8 Å². The minimum atomic E-state index is -4.46. The first-order valence-electron chi connectivity index (χ1n) is 8.21. The van der Waals surface area contributed by atoms with E-state index in [4.69, 9.17) is 0 Å². The fourth-order valence-electron chi connectivity index (χ4n) is 2.61. The molecule has 1 amide bonds. The van der Waals surface area contributed by atoms with Crippen molar-refractivity contribution < 1.29 is 31.1 Å². The van der Waals surface area contributed by atoms with E-state index in [0.717, 1.165) is 0 Å². The van der Waals surface area contributed by atoms with Crippen LogP contribution in [0.2, 0.25) is 0 Å². The van der Waals surface area contributed by atoms with Gasteiger partial charge in [-0.15, -0.1) is 0 Å². The summed E-state index contributed by atoms with van der Waals surface area (Å²) in [7, 11) is -3.30. The van der Waals surface area contributed by atoms with Crippen molar-refractivity contribution >= 4 is 27.3 Å². The highest BCUT2D eigenvalue weighted by Gasteiger charge is 2.29. The SMILES string of the molecule is O=C(Nc1ccc(OCC(F)(F)F)nc1)c1ccc(N2CCCS2(=O)=O)cc1. The van der Waals surface area contributed by atoms with Gasteiger partial charge in [0.2, 0.25) is 15.9 Å². The molecular formula is C17H16F3N3O4S. The first kappa shape index (κ1) is 19.9. The Morgan fingerprint density at radius 1 is 1.18 bits per heavy atom. The molecule has 3 rings (SSSR count). The minimum absolute atomic E-state index is 0.102. The second kappa shape index (κ2) is 7.66. The van der Waals surface area contributed by atoms with E-state index in [2.05, 4.69) is 15.0 Å². The number of hydrogen-bond donors (Lipinski definition) is 1. The Kier molecular flexibility index (Phi) is 5.45. The fraction of sp³-hybridized carbons (Fsp3) is 0.294. The Morgan fingerprint density at radius 2 is 1.89 bits per heavy atom. The van der Waals surface area contributed by atoms with E-state index in [1.54, 1.807) is 12.1 Å². The van der Waals surface area contributed by atoms with Crippen LogP contribution in [0.4, 0.5) is 24.5 Å². The van der Waals surface area contributed by atoms with Gasteiger partial charge in [-0.1, -0.05) is 0 Å². The molecular weight excluding hydrogens is 399 g/mol. The Hall–Kier alpha value is -2.82. The van der Waals surface area contributed by atoms with Crippen LogP contribution in [-0.2, 0) is 10.0 Å². The highest BCUT2D eigenvalue weighted by Crippen LogP contribution is 2.24. The third-order valence-electron chi connectivity index (χ3n) is 3.89. The van der Waals surface area contributed by atoms with Crippen LogP contribution in [-0.4, -0.2) is 44.4 Å². The number of ether oxygens (including phenoxy) is 1. The second-order valence-corrected chi connectivity index (χ2v) is 8.04. The standard InChI is InChI=1S/C17H16F3N3O4S/c18-17(19,20)11-27-15-7-4-13(10-21-15)22-16(24)12-2-5-14(6-3-12)23-8-1-9-28(23,25)26/h2-7,10H,1,8-9,11H2,(H,22,24). The molecule has 0 bridgehead atoms. The van der Waals surface area contributed by atoms with Crippen molar-refractivity contribution in [1.29, 1.82) is 0 Å². The van der Waals surface area contributed by atoms with Crippen molar-refractivity contribution in [2.24, 2.45) is 0 Å². The molecule has 1 fully saturated rings. The molecule has 2 heterocycles. The van der Waals surface area contributed by atoms with E-state index in [1.165, 1.54) is 34.8 Å². The zero-order valence-electron chi connectivity index (χ0n) is 14.4. The highest BCUT2D eigenvalue weighted by atomic mass is 32.2. The Morgan fingerprint density at radius 3 is 2.43 bits per heavy atom. The largest absolute Gasteiger partial charge is 0.468 e. The summed E-state index contributed by atoms with van der Waals surface area (Å²) in [5.74, 6) is -0.585. The van der Waals surface area contributed by atoms with Gasteiger partial charge in [-0.25, -0.2) is 13.4 Å². The van der Waals surface area contributed by atoms with Gasteiger partial charge >= 0.3 is 6.18 Å². The maximum Gasteiger partial charge on any atom is 0.422 e. The van der Waals surface area contributed by atoms with Gasteiger partial charge in [0.05, 0.1) is 23.3 Å². The number of aromatic nitrogens is 1. The smallest absolute Gasteiger partial charge is 0.422 e. The lowest BCUT2D eigenvalue weighted by Gasteiger charge is -2.17. The number of carbonyl (C=O) groups is 1. The molecule has 0 atom stereocenters. The first-order valence-corrected chi connectivity index (χ1v) is 9.82. The number of hydrogen-bond acceptors (Lipinski definition) is 5. The molecule has 1 saturated heterocycles. The lowest BCUT2D eigenvalue weighted by molar-refractivity contribution is -0.154. The van der Waals surface area contributed by atoms with Crippen LogP contribution >= 0.6 is 0 Å². The van der Waals surface area contributed by atoms with Gasteiger partial charge in [0.25, 0.3) is 5.91 Å². The van der Waals surface area contributed by atoms with Crippen molar-refractivity contribution in [3.05, 3.63) is 48.2 Å². The molecule has 0 saturated carbocycles. The molecule has 1 aliphatic rings. The zero-order valence-corrected chi connectivity index (χ0v) is 15.3. The Balaban J connectivity index is 1.62. The lowest BCUT2D eigenvalue weighted by atomic mass is 10.2. The number of nitrogens with zero attached hydrogens (tertiary/aromatic N) is 2. The minimum Gasteiger partial charge on any atom is -0.468 e. The van der Waals surface area contributed by atoms with E-state index < -0.39 is 28.7 Å². The van der Waals surface area contributed by atoms with Crippen molar-refractivity contribution in [1.82, 2.24) is 4.98 Å². The summed E-state index contributed by atoms with van der Waals surface area (Å²) in [5, 5.41) is 2.55. The summed E-state index contributed by atoms with van der Waals surface area (Å²) in [4.78, 5) is 16.0. The van der Waals surface area contributed by atoms with E-state index in [1.807, 2.05) is 0 Å². The summed E-state index contributed by atoms with van der Waals surface area (Å²) in [6.45, 7) is -1.05. The topological polar surface area (TPSA) is 88.6 Å². The summed E-state index contributed by atoms with van der Waals surface area (Å²) < 4.78 is 65.9. The van der Waals surface area contributed by atoms with Crippen LogP contribution in [0.25, 0.3) is 0 Å². The van der Waals surface area contributed by atoms with Gasteiger partial charge in [-0.05, 0) is 36.8 Å². The molecule has 0 aliphatic carbocycles. The molecule has 1 aliphatic heterocycles. The Bertz CT molecular complexity index is 945. The van der Waals surface area contributed by atoms with Gasteiger partial charge in [-0.2, -0.15) is 13.2 Å². The summed E-state index contributed by atoms with van der Waals surface area (Å²) in [5.41, 5.74) is 1.05. The third kappa shape index (κ3) is 4.91. The van der Waals surface area contributed by atoms with E-state index >= 15 is 0 Å². The van der Waals surface area contributed by atoms with Crippen LogP contribution in [0, 0.1) is 0 Å². The van der Waals surface area contributed by atoms with Crippen LogP contribution < -0.4 is 14.4 Å². The molecule has 1 N–H and O–H groups in total. The number of nitrogens with one attached hydrogen (secondary N) is 1. The van der Waals surface area contributed by atoms with Gasteiger partial charge in [0.1, 0.15) is 0 Å². The van der Waals surface area contributed by atoms with E-state index in [9.17, 15) is 26.4 Å². The molecule has 0 unspecified atom stereocenters. The number of rotatable bonds is 5. The van der Waals surface area contributed by atoms with Crippen LogP contribution in [0.15, 0.2) is 42.6 Å².